The third kappa shape index (κ3) is 11.6. The van der Waals surface area contributed by atoms with Gasteiger partial charge in [0.1, 0.15) is 54.3 Å². The van der Waals surface area contributed by atoms with Crippen molar-refractivity contribution in [2.24, 2.45) is 5.73 Å². The highest BCUT2D eigenvalue weighted by molar-refractivity contribution is 8.45. The Kier molecular flexibility index (Phi) is 14.9. The molecular weight excluding hydrogens is 776 g/mol. The number of esters is 4. The van der Waals surface area contributed by atoms with Gasteiger partial charge in [-0.1, -0.05) is 18.8 Å². The molecule has 26 heteroatoms. The molecule has 0 radical (unpaired) electrons. The number of thiol groups is 1. The number of rotatable bonds is 16. The molecule has 0 amide bonds. The van der Waals surface area contributed by atoms with E-state index in [9.17, 15) is 43.4 Å². The average Bonchev–Trinajstić information content (AvgIpc) is 3.24. The van der Waals surface area contributed by atoms with Crippen molar-refractivity contribution in [2.45, 2.75) is 95.3 Å². The molecule has 2 aliphatic rings. The van der Waals surface area contributed by atoms with E-state index < -0.39 is 112 Å². The van der Waals surface area contributed by atoms with Crippen LogP contribution >= 0.6 is 26.9 Å². The predicted molar refractivity (Wildman–Crippen MR) is 179 cm³/mol. The molecule has 8 unspecified atom stereocenters. The van der Waals surface area contributed by atoms with Crippen molar-refractivity contribution in [2.75, 3.05) is 24.3 Å². The Hall–Kier alpha value is -3.25. The highest BCUT2D eigenvalue weighted by atomic mass is 32.7. The summed E-state index contributed by atoms with van der Waals surface area (Å²) in [6, 6.07) is -1.26. The second-order valence-electron chi connectivity index (χ2n) is 11.7. The zero-order chi connectivity index (χ0) is 40.1. The maximum absolute atomic E-state index is 13.2. The van der Waals surface area contributed by atoms with E-state index in [1.54, 1.807) is 0 Å². The van der Waals surface area contributed by atoms with Crippen molar-refractivity contribution in [3.05, 3.63) is 24.8 Å². The number of anilines is 2. The Morgan fingerprint density at radius 2 is 1.72 bits per heavy atom. The van der Waals surface area contributed by atoms with Crippen LogP contribution < -0.4 is 16.8 Å². The van der Waals surface area contributed by atoms with Crippen molar-refractivity contribution in [1.82, 2.24) is 9.97 Å². The molecule has 1 aromatic heterocycles. The Labute approximate surface area is 307 Å². The topological polar surface area (TPSA) is 336 Å². The molecule has 298 valence electrons. The first-order chi connectivity index (χ1) is 24.5. The molecule has 8 N–H and O–H groups in total. The van der Waals surface area contributed by atoms with Crippen LogP contribution in [0.5, 0.6) is 0 Å². The van der Waals surface area contributed by atoms with Crippen molar-refractivity contribution in [3.8, 4) is 0 Å². The fraction of sp³-hybridized carbons (Fsp3) is 0.630. The molecule has 2 saturated heterocycles. The Bertz CT molecular complexity index is 1640. The second kappa shape index (κ2) is 17.9. The first-order valence-corrected chi connectivity index (χ1v) is 19.5. The van der Waals surface area contributed by atoms with Gasteiger partial charge in [-0.05, 0) is 13.1 Å². The van der Waals surface area contributed by atoms with E-state index >= 15 is 0 Å². The van der Waals surface area contributed by atoms with Crippen LogP contribution in [0.25, 0.3) is 0 Å². The van der Waals surface area contributed by atoms with Crippen LogP contribution in [0.1, 0.15) is 46.4 Å². The summed E-state index contributed by atoms with van der Waals surface area (Å²) in [5.74, 6) is -3.91. The minimum absolute atomic E-state index is 0.0144. The van der Waals surface area contributed by atoms with Gasteiger partial charge in [-0.25, -0.2) is 19.1 Å². The van der Waals surface area contributed by atoms with Gasteiger partial charge in [0, 0.05) is 27.7 Å². The zero-order valence-corrected chi connectivity index (χ0v) is 31.5. The standard InChI is InChI=1S/C27H41N5O18P2S/c1-7-30-18-17(31-10-32-25(18)29)24-27(6,38)23(28)16(47-24)9-43-52(41,53)50-51(39,40)49-26-22(46-14(5)36)19(37)21(45-13(4)35)20(48-26)15(44-12(3)34)8-42-11(2)33/h7,10,15-16,19-24,26,30,37-38H,1,8-9,28H2,2-6H3,(H,39,40)(H,41,53)(H2,29,31,32)/t15-,16+,19?,20?,21?,22?,23+,24?,26?,27+,52?/m0/s1. The maximum Gasteiger partial charge on any atom is 0.482 e. The number of hydrogen-bond donors (Lipinski definition) is 7. The Morgan fingerprint density at radius 3 is 2.28 bits per heavy atom. The molecule has 1 aromatic rings. The van der Waals surface area contributed by atoms with E-state index in [1.807, 2.05) is 0 Å². The summed E-state index contributed by atoms with van der Waals surface area (Å²) in [7, 11) is -5.70. The maximum atomic E-state index is 13.2. The SMILES string of the molecule is C=CNc1c(N)ncnc1C1O[C@H](COP(=O)(S)OP(=O)(O)OC2OC([C@H](COC(C)=O)OC(C)=O)C(OC(C)=O)C(O)C2OC(C)=O)[C@@H](N)[C@@]1(C)O. The van der Waals surface area contributed by atoms with Crippen LogP contribution in [0, 0.1) is 0 Å². The number of phosphoric ester groups is 1. The summed E-state index contributed by atoms with van der Waals surface area (Å²) in [6.45, 7) is 2.23. The molecular formula is C27H41N5O18P2S. The molecule has 0 spiro atoms. The summed E-state index contributed by atoms with van der Waals surface area (Å²) in [6.07, 6.45) is -11.9. The molecule has 23 nitrogen and oxygen atoms in total. The lowest BCUT2D eigenvalue weighted by molar-refractivity contribution is -0.299. The van der Waals surface area contributed by atoms with E-state index in [0.717, 1.165) is 34.0 Å². The number of carbonyl (C=O) groups excluding carboxylic acids is 4. The van der Waals surface area contributed by atoms with Crippen molar-refractivity contribution in [3.63, 3.8) is 0 Å². The number of nitrogen functional groups attached to an aromatic ring is 1. The van der Waals surface area contributed by atoms with Gasteiger partial charge in [-0.15, -0.1) is 0 Å². The predicted octanol–water partition coefficient (Wildman–Crippen LogP) is -0.235. The lowest BCUT2D eigenvalue weighted by Gasteiger charge is -2.44. The van der Waals surface area contributed by atoms with Gasteiger partial charge in [0.15, 0.2) is 24.1 Å². The molecule has 0 aliphatic carbocycles. The molecule has 3 rings (SSSR count). The molecule has 0 bridgehead atoms. The highest BCUT2D eigenvalue weighted by Gasteiger charge is 2.56. The van der Waals surface area contributed by atoms with Gasteiger partial charge in [-0.2, -0.15) is 4.31 Å². The van der Waals surface area contributed by atoms with Crippen LogP contribution in [0.4, 0.5) is 11.5 Å². The quantitative estimate of drug-likeness (QED) is 0.0490. The Balaban J connectivity index is 1.84. The molecule has 2 fully saturated rings. The number of phosphoric acid groups is 1. The van der Waals surface area contributed by atoms with E-state index in [4.69, 9.17) is 53.2 Å². The smallest absolute Gasteiger partial charge is 0.462 e. The minimum Gasteiger partial charge on any atom is -0.462 e. The normalized spacial score (nSPS) is 31.2. The summed E-state index contributed by atoms with van der Waals surface area (Å²) in [5.41, 5.74) is 10.5. The monoisotopic (exact) mass is 817 g/mol. The Morgan fingerprint density at radius 1 is 1.09 bits per heavy atom. The van der Waals surface area contributed by atoms with E-state index in [1.165, 1.54) is 13.1 Å². The van der Waals surface area contributed by atoms with Crippen LogP contribution in [-0.4, -0.2) is 117 Å². The van der Waals surface area contributed by atoms with Crippen molar-refractivity contribution >= 4 is 62.3 Å². The number of nitrogens with two attached hydrogens (primary N) is 2. The molecule has 53 heavy (non-hydrogen) atoms. The van der Waals surface area contributed by atoms with Crippen molar-refractivity contribution in [1.29, 1.82) is 0 Å². The number of aliphatic hydroxyl groups excluding tert-OH is 1. The molecule has 2 aliphatic heterocycles. The third-order valence-corrected chi connectivity index (χ3v) is 11.1. The summed E-state index contributed by atoms with van der Waals surface area (Å²) < 4.78 is 73.0. The zero-order valence-electron chi connectivity index (χ0n) is 28.8. The minimum atomic E-state index is -5.70. The van der Waals surface area contributed by atoms with Crippen LogP contribution in [0.2, 0.25) is 0 Å². The van der Waals surface area contributed by atoms with Gasteiger partial charge >= 0.3 is 38.5 Å². The summed E-state index contributed by atoms with van der Waals surface area (Å²) >= 11 is 3.72. The number of hydrogen-bond acceptors (Lipinski definition) is 22. The second-order valence-corrected chi connectivity index (χ2v) is 16.1. The van der Waals surface area contributed by atoms with Crippen LogP contribution in [0.15, 0.2) is 19.1 Å². The van der Waals surface area contributed by atoms with Gasteiger partial charge in [0.25, 0.3) is 0 Å². The van der Waals surface area contributed by atoms with Gasteiger partial charge in [0.05, 0.1) is 12.6 Å². The molecule has 0 aromatic carbocycles. The van der Waals surface area contributed by atoms with Crippen molar-refractivity contribution < 1.29 is 85.2 Å². The summed E-state index contributed by atoms with van der Waals surface area (Å²) in [5, 5.41) is 25.1. The number of ether oxygens (including phenoxy) is 6. The summed E-state index contributed by atoms with van der Waals surface area (Å²) in [4.78, 5) is 65.9. The number of aliphatic hydroxyl groups is 2. The fourth-order valence-electron chi connectivity index (χ4n) is 5.26. The van der Waals surface area contributed by atoms with Gasteiger partial charge in [-0.3, -0.25) is 28.2 Å². The molecule has 12 atom stereocenters. The van der Waals surface area contributed by atoms with Gasteiger partial charge < -0.3 is 60.3 Å². The van der Waals surface area contributed by atoms with Crippen LogP contribution in [0.3, 0.4) is 0 Å². The molecule has 3 heterocycles. The largest absolute Gasteiger partial charge is 0.482 e. The number of carbonyl (C=O) groups is 4. The van der Waals surface area contributed by atoms with E-state index in [0.29, 0.717) is 0 Å². The first-order valence-electron chi connectivity index (χ1n) is 15.3. The molecule has 0 saturated carbocycles. The third-order valence-electron chi connectivity index (χ3n) is 7.46. The van der Waals surface area contributed by atoms with Gasteiger partial charge in [0.2, 0.25) is 6.29 Å². The lowest BCUT2D eigenvalue weighted by atomic mass is 9.89. The number of nitrogens with one attached hydrogen (secondary N) is 1. The first kappa shape index (κ1) is 44.1. The van der Waals surface area contributed by atoms with E-state index in [2.05, 4.69) is 34.1 Å². The van der Waals surface area contributed by atoms with Crippen LogP contribution in [-0.2, 0) is 70.1 Å². The lowest BCUT2D eigenvalue weighted by Crippen LogP contribution is -2.64. The number of aromatic nitrogens is 2. The number of nitrogens with zero attached hydrogens (tertiary/aromatic N) is 2. The average molecular weight is 818 g/mol. The highest BCUT2D eigenvalue weighted by Crippen LogP contribution is 2.66. The van der Waals surface area contributed by atoms with E-state index in [-0.39, 0.29) is 17.2 Å². The fourth-order valence-corrected chi connectivity index (χ4v) is 8.44.